The van der Waals surface area contributed by atoms with Gasteiger partial charge in [0, 0.05) is 37.3 Å². The van der Waals surface area contributed by atoms with Crippen molar-refractivity contribution >= 4 is 0 Å². The number of ether oxygens (including phenoxy) is 1. The molecular weight excluding hydrogens is 232 g/mol. The fourth-order valence-electron chi connectivity index (χ4n) is 1.63. The highest BCUT2D eigenvalue weighted by molar-refractivity contribution is 5.26. The number of nitrogens with one attached hydrogen (secondary N) is 1. The van der Waals surface area contributed by atoms with E-state index in [9.17, 15) is 0 Å². The summed E-state index contributed by atoms with van der Waals surface area (Å²) in [6, 6.07) is 3.83. The first-order valence-electron chi connectivity index (χ1n) is 5.75. The van der Waals surface area contributed by atoms with E-state index in [4.69, 9.17) is 4.74 Å². The molecule has 2 aromatic heterocycles. The SMILES string of the molecule is COc1cc(C)nc(CNCCc2ncon2)c1. The fraction of sp³-hybridized carbons (Fsp3) is 0.417. The van der Waals surface area contributed by atoms with Gasteiger partial charge < -0.3 is 14.6 Å². The third kappa shape index (κ3) is 3.53. The van der Waals surface area contributed by atoms with E-state index in [2.05, 4.69) is 25.0 Å². The summed E-state index contributed by atoms with van der Waals surface area (Å²) in [5, 5.41) is 7.02. The molecule has 6 nitrogen and oxygen atoms in total. The lowest BCUT2D eigenvalue weighted by molar-refractivity contribution is 0.409. The van der Waals surface area contributed by atoms with E-state index in [1.807, 2.05) is 19.1 Å². The molecule has 0 aliphatic rings. The molecule has 6 heteroatoms. The molecule has 0 spiro atoms. The maximum Gasteiger partial charge on any atom is 0.213 e. The van der Waals surface area contributed by atoms with E-state index >= 15 is 0 Å². The number of aromatic nitrogens is 3. The van der Waals surface area contributed by atoms with Crippen molar-refractivity contribution in [1.82, 2.24) is 20.4 Å². The molecular formula is C12H16N4O2. The molecule has 2 rings (SSSR count). The van der Waals surface area contributed by atoms with Crippen LogP contribution in [0.3, 0.4) is 0 Å². The van der Waals surface area contributed by atoms with Crippen molar-refractivity contribution in [3.05, 3.63) is 35.7 Å². The van der Waals surface area contributed by atoms with E-state index in [0.717, 1.165) is 30.1 Å². The number of rotatable bonds is 6. The van der Waals surface area contributed by atoms with E-state index in [1.165, 1.54) is 6.39 Å². The summed E-state index contributed by atoms with van der Waals surface area (Å²) in [7, 11) is 1.65. The van der Waals surface area contributed by atoms with Gasteiger partial charge in [0.25, 0.3) is 0 Å². The van der Waals surface area contributed by atoms with Gasteiger partial charge in [-0.2, -0.15) is 4.98 Å². The van der Waals surface area contributed by atoms with Crippen LogP contribution in [0.5, 0.6) is 5.75 Å². The Labute approximate surface area is 105 Å². The number of methoxy groups -OCH3 is 1. The predicted molar refractivity (Wildman–Crippen MR) is 65.2 cm³/mol. The Morgan fingerprint density at radius 2 is 2.28 bits per heavy atom. The van der Waals surface area contributed by atoms with Gasteiger partial charge in [-0.1, -0.05) is 5.16 Å². The predicted octanol–water partition coefficient (Wildman–Crippen LogP) is 1.11. The highest BCUT2D eigenvalue weighted by Gasteiger charge is 2.01. The molecule has 2 aromatic rings. The van der Waals surface area contributed by atoms with E-state index < -0.39 is 0 Å². The van der Waals surface area contributed by atoms with Crippen LogP contribution in [0, 0.1) is 6.92 Å². The van der Waals surface area contributed by atoms with Gasteiger partial charge >= 0.3 is 0 Å². The van der Waals surface area contributed by atoms with E-state index in [0.29, 0.717) is 12.4 Å². The molecule has 18 heavy (non-hydrogen) atoms. The minimum atomic E-state index is 0.690. The third-order valence-corrected chi connectivity index (χ3v) is 2.45. The summed E-state index contributed by atoms with van der Waals surface area (Å²) in [5.74, 6) is 1.54. The van der Waals surface area contributed by atoms with Gasteiger partial charge in [-0.25, -0.2) is 0 Å². The Bertz CT molecular complexity index is 485. The summed E-state index contributed by atoms with van der Waals surface area (Å²) in [6.45, 7) is 3.42. The topological polar surface area (TPSA) is 73.1 Å². The van der Waals surface area contributed by atoms with Gasteiger partial charge in [0.2, 0.25) is 6.39 Å². The van der Waals surface area contributed by atoms with E-state index in [-0.39, 0.29) is 0 Å². The van der Waals surface area contributed by atoms with Crippen molar-refractivity contribution in [2.75, 3.05) is 13.7 Å². The zero-order valence-electron chi connectivity index (χ0n) is 10.5. The lowest BCUT2D eigenvalue weighted by Crippen LogP contribution is -2.18. The molecule has 0 atom stereocenters. The lowest BCUT2D eigenvalue weighted by Gasteiger charge is -2.06. The van der Waals surface area contributed by atoms with Crippen molar-refractivity contribution in [2.24, 2.45) is 0 Å². The van der Waals surface area contributed by atoms with Gasteiger partial charge in [0.05, 0.1) is 12.8 Å². The maximum atomic E-state index is 5.20. The summed E-state index contributed by atoms with van der Waals surface area (Å²) in [6.07, 6.45) is 2.07. The monoisotopic (exact) mass is 248 g/mol. The number of nitrogens with zero attached hydrogens (tertiary/aromatic N) is 3. The molecule has 0 fully saturated rings. The first-order chi connectivity index (χ1) is 8.78. The standard InChI is InChI=1S/C12H16N4O2/c1-9-5-11(17-2)6-10(15-9)7-13-4-3-12-14-8-18-16-12/h5-6,8,13H,3-4,7H2,1-2H3. The summed E-state index contributed by atoms with van der Waals surface area (Å²) in [4.78, 5) is 8.37. The molecule has 0 amide bonds. The van der Waals surface area contributed by atoms with Crippen LogP contribution in [-0.2, 0) is 13.0 Å². The van der Waals surface area contributed by atoms with Crippen molar-refractivity contribution in [3.8, 4) is 5.75 Å². The molecule has 1 N–H and O–H groups in total. The molecule has 0 bridgehead atoms. The van der Waals surface area contributed by atoms with E-state index in [1.54, 1.807) is 7.11 Å². The molecule has 96 valence electrons. The lowest BCUT2D eigenvalue weighted by atomic mass is 10.3. The smallest absolute Gasteiger partial charge is 0.213 e. The van der Waals surface area contributed by atoms with Gasteiger partial charge in [0.1, 0.15) is 5.75 Å². The van der Waals surface area contributed by atoms with Gasteiger partial charge in [-0.3, -0.25) is 4.98 Å². The highest BCUT2D eigenvalue weighted by atomic mass is 16.5. The van der Waals surface area contributed by atoms with Crippen LogP contribution < -0.4 is 10.1 Å². The minimum Gasteiger partial charge on any atom is -0.497 e. The first kappa shape index (κ1) is 12.5. The van der Waals surface area contributed by atoms with Gasteiger partial charge in [-0.15, -0.1) is 0 Å². The average Bonchev–Trinajstić information content (AvgIpc) is 2.87. The van der Waals surface area contributed by atoms with Crippen LogP contribution in [0.15, 0.2) is 23.0 Å². The normalized spacial score (nSPS) is 10.6. The minimum absolute atomic E-state index is 0.690. The second-order valence-corrected chi connectivity index (χ2v) is 3.91. The van der Waals surface area contributed by atoms with Crippen molar-refractivity contribution in [3.63, 3.8) is 0 Å². The maximum absolute atomic E-state index is 5.20. The average molecular weight is 248 g/mol. The highest BCUT2D eigenvalue weighted by Crippen LogP contribution is 2.12. The second-order valence-electron chi connectivity index (χ2n) is 3.91. The Morgan fingerprint density at radius 3 is 3.00 bits per heavy atom. The van der Waals surface area contributed by atoms with Crippen LogP contribution in [0.4, 0.5) is 0 Å². The van der Waals surface area contributed by atoms with Crippen LogP contribution in [0.25, 0.3) is 0 Å². The van der Waals surface area contributed by atoms with Crippen molar-refractivity contribution < 1.29 is 9.26 Å². The molecule has 0 saturated heterocycles. The molecule has 0 aliphatic heterocycles. The Hall–Kier alpha value is -1.95. The summed E-state index contributed by atoms with van der Waals surface area (Å²) >= 11 is 0. The Morgan fingerprint density at radius 1 is 1.39 bits per heavy atom. The van der Waals surface area contributed by atoms with Crippen LogP contribution in [0.1, 0.15) is 17.2 Å². The molecule has 2 heterocycles. The third-order valence-electron chi connectivity index (χ3n) is 2.45. The zero-order valence-corrected chi connectivity index (χ0v) is 10.5. The van der Waals surface area contributed by atoms with Crippen molar-refractivity contribution in [2.45, 2.75) is 19.9 Å². The molecule has 0 aliphatic carbocycles. The number of pyridine rings is 1. The van der Waals surface area contributed by atoms with Crippen molar-refractivity contribution in [1.29, 1.82) is 0 Å². The van der Waals surface area contributed by atoms with Gasteiger partial charge in [0.15, 0.2) is 5.82 Å². The molecule has 0 unspecified atom stereocenters. The fourth-order valence-corrected chi connectivity index (χ4v) is 1.63. The van der Waals surface area contributed by atoms with Gasteiger partial charge in [-0.05, 0) is 6.92 Å². The largest absolute Gasteiger partial charge is 0.497 e. The van der Waals surface area contributed by atoms with Crippen LogP contribution in [0.2, 0.25) is 0 Å². The number of hydrogen-bond acceptors (Lipinski definition) is 6. The summed E-state index contributed by atoms with van der Waals surface area (Å²) in [5.41, 5.74) is 1.91. The number of aryl methyl sites for hydroxylation is 1. The zero-order chi connectivity index (χ0) is 12.8. The first-order valence-corrected chi connectivity index (χ1v) is 5.75. The molecule has 0 aromatic carbocycles. The second kappa shape index (κ2) is 6.11. The summed E-state index contributed by atoms with van der Waals surface area (Å²) < 4.78 is 9.86. The quantitative estimate of drug-likeness (QED) is 0.772. The van der Waals surface area contributed by atoms with Crippen LogP contribution in [-0.4, -0.2) is 28.8 Å². The Balaban J connectivity index is 1.81. The Kier molecular flexibility index (Phi) is 4.25. The molecule has 0 radical (unpaired) electrons. The number of hydrogen-bond donors (Lipinski definition) is 1. The van der Waals surface area contributed by atoms with Crippen LogP contribution >= 0.6 is 0 Å². The molecule has 0 saturated carbocycles.